The van der Waals surface area contributed by atoms with Crippen LogP contribution in [-0.2, 0) is 11.2 Å². The third kappa shape index (κ3) is 7.74. The lowest BCUT2D eigenvalue weighted by molar-refractivity contribution is -0.120. The minimum atomic E-state index is -0.257. The molecule has 0 aliphatic heterocycles. The maximum Gasteiger partial charge on any atom is 0.251 e. The molecule has 0 saturated heterocycles. The lowest BCUT2D eigenvalue weighted by Crippen LogP contribution is -2.37. The lowest BCUT2D eigenvalue weighted by atomic mass is 9.88. The number of hydrogen-bond acceptors (Lipinski definition) is 4. The molecule has 1 saturated carbocycles. The van der Waals surface area contributed by atoms with E-state index in [1.54, 1.807) is 18.2 Å². The van der Waals surface area contributed by atoms with Gasteiger partial charge in [0.05, 0.1) is 11.1 Å². The number of ether oxygens (including phenoxy) is 1. The Labute approximate surface area is 207 Å². The Hall–Kier alpha value is -2.57. The molecule has 0 bridgehead atoms. The van der Waals surface area contributed by atoms with Crippen molar-refractivity contribution in [2.24, 2.45) is 5.92 Å². The number of amides is 2. The molecule has 1 aliphatic carbocycles. The molecule has 3 rings (SSSR count). The highest BCUT2D eigenvalue weighted by Gasteiger charge is 2.21. The van der Waals surface area contributed by atoms with Gasteiger partial charge in [-0.3, -0.25) is 9.59 Å². The van der Waals surface area contributed by atoms with Gasteiger partial charge in [0.2, 0.25) is 5.91 Å². The molecule has 184 valence electrons. The third-order valence-corrected chi connectivity index (χ3v) is 6.34. The second-order valence-electron chi connectivity index (χ2n) is 9.22. The summed E-state index contributed by atoms with van der Waals surface area (Å²) in [6, 6.07) is 12.4. The van der Waals surface area contributed by atoms with Crippen molar-refractivity contribution in [1.29, 1.82) is 0 Å². The largest absolute Gasteiger partial charge is 0.489 e. The van der Waals surface area contributed by atoms with Crippen LogP contribution in [0.15, 0.2) is 42.5 Å². The Kier molecular flexibility index (Phi) is 9.78. The molecule has 7 heteroatoms. The van der Waals surface area contributed by atoms with Gasteiger partial charge in [0.15, 0.2) is 0 Å². The van der Waals surface area contributed by atoms with E-state index in [2.05, 4.69) is 10.6 Å². The molecular weight excluding hydrogens is 452 g/mol. The maximum absolute atomic E-state index is 12.8. The van der Waals surface area contributed by atoms with Crippen molar-refractivity contribution in [2.45, 2.75) is 70.9 Å². The molecule has 1 aliphatic rings. The van der Waals surface area contributed by atoms with Crippen LogP contribution < -0.4 is 15.4 Å². The Morgan fingerprint density at radius 1 is 1.09 bits per heavy atom. The van der Waals surface area contributed by atoms with E-state index < -0.39 is 0 Å². The third-order valence-electron chi connectivity index (χ3n) is 6.05. The second kappa shape index (κ2) is 12.8. The molecule has 34 heavy (non-hydrogen) atoms. The van der Waals surface area contributed by atoms with Crippen molar-refractivity contribution in [3.63, 3.8) is 0 Å². The molecule has 2 amide bonds. The van der Waals surface area contributed by atoms with Gasteiger partial charge in [-0.15, -0.1) is 0 Å². The van der Waals surface area contributed by atoms with E-state index in [-0.39, 0.29) is 36.5 Å². The number of halogens is 1. The van der Waals surface area contributed by atoms with Gasteiger partial charge in [-0.25, -0.2) is 0 Å². The standard InChI is InChI=1S/C27H35ClN2O4/c1-18(2)34-25-13-10-21(17-24(25)28)27(33)30-23(14-15-31)16-19-8-11-22(12-9-19)29-26(32)20-6-4-3-5-7-20/h8-13,17-18,20,23,31H,3-7,14-16H2,1-2H3,(H,29,32)(H,30,33)/t23-/m1/s1. The summed E-state index contributed by atoms with van der Waals surface area (Å²) in [6.45, 7) is 3.78. The summed E-state index contributed by atoms with van der Waals surface area (Å²) in [5, 5.41) is 15.9. The predicted octanol–water partition coefficient (Wildman–Crippen LogP) is 5.37. The van der Waals surface area contributed by atoms with Gasteiger partial charge in [0.1, 0.15) is 5.75 Å². The fraction of sp³-hybridized carbons (Fsp3) is 0.481. The molecule has 6 nitrogen and oxygen atoms in total. The van der Waals surface area contributed by atoms with Crippen LogP contribution in [0.4, 0.5) is 5.69 Å². The quantitative estimate of drug-likeness (QED) is 0.421. The average molecular weight is 487 g/mol. The number of aliphatic hydroxyl groups is 1. The Morgan fingerprint density at radius 3 is 2.41 bits per heavy atom. The molecule has 0 spiro atoms. The second-order valence-corrected chi connectivity index (χ2v) is 9.63. The van der Waals surface area contributed by atoms with Crippen LogP contribution in [-0.4, -0.2) is 35.7 Å². The molecule has 0 heterocycles. The summed E-state index contributed by atoms with van der Waals surface area (Å²) in [5.41, 5.74) is 2.22. The zero-order valence-corrected chi connectivity index (χ0v) is 20.7. The summed E-state index contributed by atoms with van der Waals surface area (Å²) >= 11 is 6.27. The minimum Gasteiger partial charge on any atom is -0.489 e. The van der Waals surface area contributed by atoms with Crippen LogP contribution in [0.1, 0.15) is 68.3 Å². The van der Waals surface area contributed by atoms with E-state index in [4.69, 9.17) is 16.3 Å². The molecule has 2 aromatic carbocycles. The first kappa shape index (κ1) is 26.0. The molecule has 2 aromatic rings. The van der Waals surface area contributed by atoms with Gasteiger partial charge in [-0.2, -0.15) is 0 Å². The summed E-state index contributed by atoms with van der Waals surface area (Å²) in [7, 11) is 0. The van der Waals surface area contributed by atoms with Crippen molar-refractivity contribution >= 4 is 29.1 Å². The lowest BCUT2D eigenvalue weighted by Gasteiger charge is -2.21. The summed E-state index contributed by atoms with van der Waals surface area (Å²) in [5.74, 6) is 0.488. The fourth-order valence-corrected chi connectivity index (χ4v) is 4.48. The monoisotopic (exact) mass is 486 g/mol. The minimum absolute atomic E-state index is 0.0157. The zero-order valence-electron chi connectivity index (χ0n) is 20.0. The topological polar surface area (TPSA) is 87.7 Å². The number of rotatable bonds is 10. The predicted molar refractivity (Wildman–Crippen MR) is 136 cm³/mol. The molecule has 1 atom stereocenters. The Morgan fingerprint density at radius 2 is 1.79 bits per heavy atom. The van der Waals surface area contributed by atoms with E-state index in [1.807, 2.05) is 38.1 Å². The zero-order chi connectivity index (χ0) is 24.5. The number of carbonyl (C=O) groups is 2. The van der Waals surface area contributed by atoms with Crippen LogP contribution >= 0.6 is 11.6 Å². The highest BCUT2D eigenvalue weighted by molar-refractivity contribution is 6.32. The molecule has 3 N–H and O–H groups in total. The van der Waals surface area contributed by atoms with Gasteiger partial charge in [-0.1, -0.05) is 43.0 Å². The van der Waals surface area contributed by atoms with E-state index in [1.165, 1.54) is 6.42 Å². The average Bonchev–Trinajstić information content (AvgIpc) is 2.82. The number of anilines is 1. The summed E-state index contributed by atoms with van der Waals surface area (Å²) < 4.78 is 5.62. The fourth-order valence-electron chi connectivity index (χ4n) is 4.26. The molecular formula is C27H35ClN2O4. The van der Waals surface area contributed by atoms with Crippen LogP contribution in [0.25, 0.3) is 0 Å². The van der Waals surface area contributed by atoms with Gasteiger partial charge < -0.3 is 20.5 Å². The number of hydrogen-bond donors (Lipinski definition) is 3. The smallest absolute Gasteiger partial charge is 0.251 e. The maximum atomic E-state index is 12.8. The van der Waals surface area contributed by atoms with Crippen LogP contribution in [0.3, 0.4) is 0 Å². The first-order valence-electron chi connectivity index (χ1n) is 12.1. The molecule has 1 fully saturated rings. The SMILES string of the molecule is CC(C)Oc1ccc(C(=O)N[C@H](CCO)Cc2ccc(NC(=O)C3CCCCC3)cc2)cc1Cl. The van der Waals surface area contributed by atoms with Gasteiger partial charge >= 0.3 is 0 Å². The Bertz CT molecular complexity index is 956. The normalized spacial score (nSPS) is 15.1. The highest BCUT2D eigenvalue weighted by atomic mass is 35.5. The van der Waals surface area contributed by atoms with Crippen LogP contribution in [0.5, 0.6) is 5.75 Å². The van der Waals surface area contributed by atoms with E-state index in [0.29, 0.717) is 29.2 Å². The molecule has 0 radical (unpaired) electrons. The molecule has 0 aromatic heterocycles. The van der Waals surface area contributed by atoms with Crippen molar-refractivity contribution in [3.8, 4) is 5.75 Å². The van der Waals surface area contributed by atoms with E-state index >= 15 is 0 Å². The van der Waals surface area contributed by atoms with E-state index in [0.717, 1.165) is 36.9 Å². The van der Waals surface area contributed by atoms with Gasteiger partial charge in [0.25, 0.3) is 5.91 Å². The first-order valence-corrected chi connectivity index (χ1v) is 12.5. The highest BCUT2D eigenvalue weighted by Crippen LogP contribution is 2.27. The van der Waals surface area contributed by atoms with Crippen molar-refractivity contribution in [1.82, 2.24) is 5.32 Å². The van der Waals surface area contributed by atoms with Crippen LogP contribution in [0.2, 0.25) is 5.02 Å². The van der Waals surface area contributed by atoms with Crippen LogP contribution in [0, 0.1) is 5.92 Å². The van der Waals surface area contributed by atoms with Crippen molar-refractivity contribution < 1.29 is 19.4 Å². The van der Waals surface area contributed by atoms with Crippen molar-refractivity contribution in [3.05, 3.63) is 58.6 Å². The first-order chi connectivity index (χ1) is 16.4. The van der Waals surface area contributed by atoms with E-state index in [9.17, 15) is 14.7 Å². The summed E-state index contributed by atoms with van der Waals surface area (Å²) in [6.07, 6.45) is 6.36. The number of nitrogens with one attached hydrogen (secondary N) is 2. The number of carbonyl (C=O) groups excluding carboxylic acids is 2. The van der Waals surface area contributed by atoms with Gasteiger partial charge in [-0.05, 0) is 75.4 Å². The molecule has 0 unspecified atom stereocenters. The number of aliphatic hydroxyl groups excluding tert-OH is 1. The summed E-state index contributed by atoms with van der Waals surface area (Å²) in [4.78, 5) is 25.3. The number of benzene rings is 2. The van der Waals surface area contributed by atoms with Crippen molar-refractivity contribution in [2.75, 3.05) is 11.9 Å². The Balaban J connectivity index is 1.58. The van der Waals surface area contributed by atoms with Gasteiger partial charge in [0, 0.05) is 29.8 Å².